The molecule has 1 N–H and O–H groups in total. The second-order valence-corrected chi connectivity index (χ2v) is 4.89. The van der Waals surface area contributed by atoms with Crippen molar-refractivity contribution < 1.29 is 13.9 Å². The van der Waals surface area contributed by atoms with Crippen molar-refractivity contribution in [3.8, 4) is 0 Å². The number of benzene rings is 1. The molecule has 0 aliphatic carbocycles. The summed E-state index contributed by atoms with van der Waals surface area (Å²) < 4.78 is 18.9. The van der Waals surface area contributed by atoms with E-state index in [2.05, 4.69) is 0 Å². The predicted octanol–water partition coefficient (Wildman–Crippen LogP) is 3.93. The number of hydrogen-bond acceptors (Lipinski definition) is 3. The first-order chi connectivity index (χ1) is 8.08. The van der Waals surface area contributed by atoms with Crippen LogP contribution in [0.1, 0.15) is 24.4 Å². The Morgan fingerprint density at radius 2 is 2.06 bits per heavy atom. The molecule has 1 atom stereocenters. The lowest BCUT2D eigenvalue weighted by Gasteiger charge is -2.07. The second-order valence-electron chi connectivity index (χ2n) is 3.81. The lowest BCUT2D eigenvalue weighted by Crippen LogP contribution is -1.92. The topological polar surface area (TPSA) is 33.4 Å². The first-order valence-corrected chi connectivity index (χ1v) is 6.09. The van der Waals surface area contributed by atoms with Gasteiger partial charge >= 0.3 is 0 Å². The first-order valence-electron chi connectivity index (χ1n) is 5.27. The number of aliphatic hydroxyl groups excluding tert-OH is 1. The van der Waals surface area contributed by atoms with E-state index in [1.165, 1.54) is 17.8 Å². The zero-order valence-electron chi connectivity index (χ0n) is 9.61. The zero-order valence-corrected chi connectivity index (χ0v) is 10.4. The van der Waals surface area contributed by atoms with Crippen LogP contribution >= 0.6 is 11.8 Å². The van der Waals surface area contributed by atoms with Crippen molar-refractivity contribution in [3.05, 3.63) is 47.7 Å². The number of hydrogen-bond donors (Lipinski definition) is 1. The summed E-state index contributed by atoms with van der Waals surface area (Å²) in [6, 6.07) is 6.57. The van der Waals surface area contributed by atoms with Gasteiger partial charge in [-0.3, -0.25) is 0 Å². The molecule has 2 aromatic rings. The van der Waals surface area contributed by atoms with Crippen LogP contribution in [0, 0.1) is 12.7 Å². The summed E-state index contributed by atoms with van der Waals surface area (Å²) in [5, 5.41) is 9.35. The maximum absolute atomic E-state index is 13.8. The van der Waals surface area contributed by atoms with Crippen LogP contribution in [0.5, 0.6) is 0 Å². The largest absolute Gasteiger partial charge is 0.468 e. The minimum Gasteiger partial charge on any atom is -0.468 e. The Morgan fingerprint density at radius 3 is 2.59 bits per heavy atom. The quantitative estimate of drug-likeness (QED) is 0.898. The van der Waals surface area contributed by atoms with Gasteiger partial charge in [0.2, 0.25) is 0 Å². The summed E-state index contributed by atoms with van der Waals surface area (Å²) >= 11 is 1.32. The molecule has 0 saturated carbocycles. The summed E-state index contributed by atoms with van der Waals surface area (Å²) in [6.45, 7) is 3.45. The van der Waals surface area contributed by atoms with Gasteiger partial charge in [0.25, 0.3) is 0 Å². The molecule has 2 rings (SSSR count). The number of aryl methyl sites for hydroxylation is 1. The second kappa shape index (κ2) is 4.94. The highest BCUT2D eigenvalue weighted by molar-refractivity contribution is 7.99. The Bertz CT molecular complexity index is 520. The van der Waals surface area contributed by atoms with E-state index in [0.717, 1.165) is 10.7 Å². The van der Waals surface area contributed by atoms with Crippen LogP contribution in [0.4, 0.5) is 4.39 Å². The Morgan fingerprint density at radius 1 is 1.29 bits per heavy atom. The van der Waals surface area contributed by atoms with E-state index >= 15 is 0 Å². The average Bonchev–Trinajstić information content (AvgIpc) is 2.67. The minimum atomic E-state index is -0.654. The van der Waals surface area contributed by atoms with Crippen molar-refractivity contribution in [2.75, 3.05) is 0 Å². The highest BCUT2D eigenvalue weighted by atomic mass is 32.2. The van der Waals surface area contributed by atoms with Crippen LogP contribution in [-0.2, 0) is 0 Å². The van der Waals surface area contributed by atoms with Crippen LogP contribution in [0.15, 0.2) is 44.7 Å². The van der Waals surface area contributed by atoms with Crippen LogP contribution < -0.4 is 0 Å². The summed E-state index contributed by atoms with van der Waals surface area (Å²) in [5.74, 6) is 0.447. The summed E-state index contributed by atoms with van der Waals surface area (Å²) in [7, 11) is 0. The van der Waals surface area contributed by atoms with Gasteiger partial charge in [-0.1, -0.05) is 17.8 Å². The van der Waals surface area contributed by atoms with Gasteiger partial charge in [-0.25, -0.2) is 4.39 Å². The molecular weight excluding hydrogens is 239 g/mol. The fraction of sp³-hybridized carbons (Fsp3) is 0.231. The molecule has 0 fully saturated rings. The van der Waals surface area contributed by atoms with E-state index in [0.29, 0.717) is 10.5 Å². The van der Waals surface area contributed by atoms with Gasteiger partial charge in [0.1, 0.15) is 11.6 Å². The number of aliphatic hydroxyl groups is 1. The molecule has 0 amide bonds. The maximum Gasteiger partial charge on any atom is 0.137 e. The first kappa shape index (κ1) is 12.2. The van der Waals surface area contributed by atoms with Crippen molar-refractivity contribution in [1.82, 2.24) is 0 Å². The molecule has 0 aliphatic rings. The van der Waals surface area contributed by atoms with E-state index in [4.69, 9.17) is 4.42 Å². The number of furan rings is 1. The SMILES string of the molecule is Cc1occc1Sc1ccc([C@@H](C)O)cc1F. The predicted molar refractivity (Wildman–Crippen MR) is 64.6 cm³/mol. The molecule has 1 aromatic heterocycles. The Hall–Kier alpha value is -1.26. The van der Waals surface area contributed by atoms with Crippen molar-refractivity contribution >= 4 is 11.8 Å². The van der Waals surface area contributed by atoms with E-state index < -0.39 is 6.10 Å². The molecule has 0 unspecified atom stereocenters. The highest BCUT2D eigenvalue weighted by Gasteiger charge is 2.10. The monoisotopic (exact) mass is 252 g/mol. The third-order valence-corrected chi connectivity index (χ3v) is 3.66. The third kappa shape index (κ3) is 2.70. The molecule has 90 valence electrons. The number of rotatable bonds is 3. The van der Waals surface area contributed by atoms with Gasteiger partial charge < -0.3 is 9.52 Å². The standard InChI is InChI=1S/C13H13FO2S/c1-8(15)10-3-4-13(11(14)7-10)17-12-5-6-16-9(12)2/h3-8,15H,1-2H3/t8-/m1/s1. The fourth-order valence-corrected chi connectivity index (χ4v) is 2.30. The molecule has 0 bridgehead atoms. The van der Waals surface area contributed by atoms with Crippen molar-refractivity contribution in [2.45, 2.75) is 29.7 Å². The summed E-state index contributed by atoms with van der Waals surface area (Å²) in [6.07, 6.45) is 0.930. The van der Waals surface area contributed by atoms with Crippen molar-refractivity contribution in [1.29, 1.82) is 0 Å². The van der Waals surface area contributed by atoms with E-state index in [1.54, 1.807) is 25.3 Å². The van der Waals surface area contributed by atoms with Gasteiger partial charge in [0.05, 0.1) is 17.3 Å². The van der Waals surface area contributed by atoms with E-state index in [-0.39, 0.29) is 5.82 Å². The van der Waals surface area contributed by atoms with Crippen molar-refractivity contribution in [3.63, 3.8) is 0 Å². The summed E-state index contributed by atoms with van der Waals surface area (Å²) in [4.78, 5) is 1.42. The molecule has 1 aromatic carbocycles. The molecular formula is C13H13FO2S. The molecule has 0 radical (unpaired) electrons. The van der Waals surface area contributed by atoms with Gasteiger partial charge in [0.15, 0.2) is 0 Å². The van der Waals surface area contributed by atoms with Gasteiger partial charge in [0, 0.05) is 4.90 Å². The Kier molecular flexibility index (Phi) is 3.54. The van der Waals surface area contributed by atoms with Crippen LogP contribution in [0.25, 0.3) is 0 Å². The smallest absolute Gasteiger partial charge is 0.137 e. The number of halogens is 1. The fourth-order valence-electron chi connectivity index (χ4n) is 1.46. The lowest BCUT2D eigenvalue weighted by atomic mass is 10.1. The zero-order chi connectivity index (χ0) is 12.4. The normalized spacial score (nSPS) is 12.7. The third-order valence-electron chi connectivity index (χ3n) is 2.47. The minimum absolute atomic E-state index is 0.325. The summed E-state index contributed by atoms with van der Waals surface area (Å²) in [5.41, 5.74) is 0.579. The Balaban J connectivity index is 2.26. The van der Waals surface area contributed by atoms with Gasteiger partial charge in [-0.15, -0.1) is 0 Å². The lowest BCUT2D eigenvalue weighted by molar-refractivity contribution is 0.198. The molecule has 0 saturated heterocycles. The molecule has 0 spiro atoms. The van der Waals surface area contributed by atoms with E-state index in [9.17, 15) is 9.50 Å². The Labute approximate surface area is 103 Å². The molecule has 0 aliphatic heterocycles. The van der Waals surface area contributed by atoms with Crippen LogP contribution in [0.2, 0.25) is 0 Å². The van der Waals surface area contributed by atoms with Crippen LogP contribution in [0.3, 0.4) is 0 Å². The van der Waals surface area contributed by atoms with Crippen molar-refractivity contribution in [2.24, 2.45) is 0 Å². The van der Waals surface area contributed by atoms with Crippen LogP contribution in [-0.4, -0.2) is 5.11 Å². The molecule has 1 heterocycles. The highest BCUT2D eigenvalue weighted by Crippen LogP contribution is 2.33. The van der Waals surface area contributed by atoms with Gasteiger partial charge in [-0.2, -0.15) is 0 Å². The van der Waals surface area contributed by atoms with E-state index in [1.807, 2.05) is 13.0 Å². The maximum atomic E-state index is 13.8. The molecule has 17 heavy (non-hydrogen) atoms. The van der Waals surface area contributed by atoms with Gasteiger partial charge in [-0.05, 0) is 37.6 Å². The molecule has 4 heteroatoms. The average molecular weight is 252 g/mol. The molecule has 2 nitrogen and oxygen atoms in total.